The average Bonchev–Trinajstić information content (AvgIpc) is 2.42. The molecule has 0 radical (unpaired) electrons. The summed E-state index contributed by atoms with van der Waals surface area (Å²) in [5.74, 6) is 0.894. The van der Waals surface area contributed by atoms with Crippen LogP contribution in [0.3, 0.4) is 0 Å². The van der Waals surface area contributed by atoms with Gasteiger partial charge in [0.2, 0.25) is 0 Å². The minimum absolute atomic E-state index is 0.582. The second kappa shape index (κ2) is 5.80. The molecule has 0 aliphatic carbocycles. The molecule has 2 rings (SSSR count). The molecule has 2 N–H and O–H groups in total. The Morgan fingerprint density at radius 1 is 1.05 bits per heavy atom. The Labute approximate surface area is 114 Å². The number of nitrogens with zero attached hydrogens (tertiary/aromatic N) is 3. The first-order valence-electron chi connectivity index (χ1n) is 6.39. The largest absolute Gasteiger partial charge is 0.354 e. The van der Waals surface area contributed by atoms with Gasteiger partial charge in [0.25, 0.3) is 0 Å². The first-order valence-corrected chi connectivity index (χ1v) is 6.39. The van der Waals surface area contributed by atoms with Gasteiger partial charge in [0.1, 0.15) is 5.82 Å². The van der Waals surface area contributed by atoms with E-state index in [1.807, 2.05) is 27.1 Å². The van der Waals surface area contributed by atoms with E-state index >= 15 is 0 Å². The molecule has 0 saturated carbocycles. The summed E-state index contributed by atoms with van der Waals surface area (Å²) in [5, 5.41) is 0. The number of rotatable bonds is 4. The molecule has 2 aromatic rings. The first kappa shape index (κ1) is 13.5. The summed E-state index contributed by atoms with van der Waals surface area (Å²) in [6.45, 7) is 5.34. The highest BCUT2D eigenvalue weighted by atomic mass is 15.2. The van der Waals surface area contributed by atoms with Gasteiger partial charge in [-0.15, -0.1) is 0 Å². The highest BCUT2D eigenvalue weighted by Gasteiger charge is 2.06. The van der Waals surface area contributed by atoms with Gasteiger partial charge in [-0.3, -0.25) is 4.98 Å². The second-order valence-corrected chi connectivity index (χ2v) is 4.78. The zero-order valence-corrected chi connectivity index (χ0v) is 11.7. The summed E-state index contributed by atoms with van der Waals surface area (Å²) >= 11 is 0. The highest BCUT2D eigenvalue weighted by Crippen LogP contribution is 2.14. The quantitative estimate of drug-likeness (QED) is 0.911. The standard InChI is InChI=1S/C15H20N4/c1-11-12(2)18-15(9-17-11)19(3)10-14-6-4-13(8-16)5-7-14/h4-7,9H,8,10,16H2,1-3H3. The summed E-state index contributed by atoms with van der Waals surface area (Å²) in [4.78, 5) is 11.0. The van der Waals surface area contributed by atoms with E-state index in [1.54, 1.807) is 0 Å². The van der Waals surface area contributed by atoms with Crippen molar-refractivity contribution in [2.24, 2.45) is 5.73 Å². The molecule has 100 valence electrons. The van der Waals surface area contributed by atoms with Gasteiger partial charge >= 0.3 is 0 Å². The van der Waals surface area contributed by atoms with Crippen molar-refractivity contribution in [3.8, 4) is 0 Å². The zero-order valence-electron chi connectivity index (χ0n) is 11.7. The Kier molecular flexibility index (Phi) is 4.12. The molecule has 0 aliphatic rings. The average molecular weight is 256 g/mol. The van der Waals surface area contributed by atoms with Crippen LogP contribution in [0, 0.1) is 13.8 Å². The summed E-state index contributed by atoms with van der Waals surface area (Å²) in [7, 11) is 2.02. The molecule has 4 heteroatoms. The molecule has 0 amide bonds. The minimum atomic E-state index is 0.582. The fraction of sp³-hybridized carbons (Fsp3) is 0.333. The lowest BCUT2D eigenvalue weighted by molar-refractivity contribution is 0.874. The normalized spacial score (nSPS) is 10.5. The molecular weight excluding hydrogens is 236 g/mol. The van der Waals surface area contributed by atoms with E-state index in [2.05, 4.69) is 39.1 Å². The van der Waals surface area contributed by atoms with Gasteiger partial charge in [-0.1, -0.05) is 24.3 Å². The Hall–Kier alpha value is -1.94. The Bertz CT molecular complexity index is 549. The van der Waals surface area contributed by atoms with Crippen LogP contribution in [0.4, 0.5) is 5.82 Å². The second-order valence-electron chi connectivity index (χ2n) is 4.78. The Balaban J connectivity index is 2.10. The van der Waals surface area contributed by atoms with E-state index in [4.69, 9.17) is 5.73 Å². The topological polar surface area (TPSA) is 55.0 Å². The lowest BCUT2D eigenvalue weighted by atomic mass is 10.1. The van der Waals surface area contributed by atoms with Crippen LogP contribution in [0.15, 0.2) is 30.5 Å². The molecule has 0 aliphatic heterocycles. The van der Waals surface area contributed by atoms with Crippen LogP contribution in [0.25, 0.3) is 0 Å². The lowest BCUT2D eigenvalue weighted by Gasteiger charge is -2.18. The fourth-order valence-electron chi connectivity index (χ4n) is 1.85. The van der Waals surface area contributed by atoms with Gasteiger partial charge in [0.15, 0.2) is 0 Å². The third-order valence-corrected chi connectivity index (χ3v) is 3.25. The first-order chi connectivity index (χ1) is 9.10. The Morgan fingerprint density at radius 3 is 2.26 bits per heavy atom. The zero-order chi connectivity index (χ0) is 13.8. The summed E-state index contributed by atoms with van der Waals surface area (Å²) < 4.78 is 0. The number of nitrogens with two attached hydrogens (primary N) is 1. The number of hydrogen-bond donors (Lipinski definition) is 1. The Morgan fingerprint density at radius 2 is 1.68 bits per heavy atom. The SMILES string of the molecule is Cc1ncc(N(C)Cc2ccc(CN)cc2)nc1C. The van der Waals surface area contributed by atoms with E-state index in [0.29, 0.717) is 6.54 Å². The van der Waals surface area contributed by atoms with Crippen molar-refractivity contribution in [3.05, 3.63) is 53.0 Å². The van der Waals surface area contributed by atoms with Gasteiger partial charge in [-0.05, 0) is 25.0 Å². The summed E-state index contributed by atoms with van der Waals surface area (Å²) in [5.41, 5.74) is 9.93. The van der Waals surface area contributed by atoms with Gasteiger partial charge in [-0.25, -0.2) is 4.98 Å². The molecule has 0 bridgehead atoms. The molecule has 0 fully saturated rings. The number of anilines is 1. The van der Waals surface area contributed by atoms with Crippen LogP contribution < -0.4 is 10.6 Å². The van der Waals surface area contributed by atoms with Crippen LogP contribution in [0.2, 0.25) is 0 Å². The number of benzene rings is 1. The van der Waals surface area contributed by atoms with Crippen molar-refractivity contribution < 1.29 is 0 Å². The lowest BCUT2D eigenvalue weighted by Crippen LogP contribution is -2.18. The fourth-order valence-corrected chi connectivity index (χ4v) is 1.85. The van der Waals surface area contributed by atoms with Crippen LogP contribution >= 0.6 is 0 Å². The van der Waals surface area contributed by atoms with Crippen LogP contribution in [-0.2, 0) is 13.1 Å². The maximum absolute atomic E-state index is 5.59. The predicted molar refractivity (Wildman–Crippen MR) is 77.9 cm³/mol. The maximum Gasteiger partial charge on any atom is 0.147 e. The molecule has 1 aromatic carbocycles. The van der Waals surface area contributed by atoms with Crippen molar-refractivity contribution in [1.29, 1.82) is 0 Å². The minimum Gasteiger partial charge on any atom is -0.354 e. The summed E-state index contributed by atoms with van der Waals surface area (Å²) in [6, 6.07) is 8.34. The molecule has 19 heavy (non-hydrogen) atoms. The van der Waals surface area contributed by atoms with Crippen molar-refractivity contribution >= 4 is 5.82 Å². The molecule has 0 unspecified atom stereocenters. The van der Waals surface area contributed by atoms with Crippen LogP contribution in [0.1, 0.15) is 22.5 Å². The van der Waals surface area contributed by atoms with Crippen molar-refractivity contribution in [2.45, 2.75) is 26.9 Å². The van der Waals surface area contributed by atoms with Gasteiger partial charge in [0, 0.05) is 20.1 Å². The molecule has 0 saturated heterocycles. The van der Waals surface area contributed by atoms with Crippen molar-refractivity contribution in [3.63, 3.8) is 0 Å². The molecule has 0 spiro atoms. The molecule has 1 aromatic heterocycles. The maximum atomic E-state index is 5.59. The third kappa shape index (κ3) is 3.29. The number of aromatic nitrogens is 2. The van der Waals surface area contributed by atoms with E-state index in [9.17, 15) is 0 Å². The van der Waals surface area contributed by atoms with E-state index in [-0.39, 0.29) is 0 Å². The smallest absolute Gasteiger partial charge is 0.147 e. The van der Waals surface area contributed by atoms with Crippen molar-refractivity contribution in [2.75, 3.05) is 11.9 Å². The molecule has 4 nitrogen and oxygen atoms in total. The van der Waals surface area contributed by atoms with Gasteiger partial charge in [-0.2, -0.15) is 0 Å². The van der Waals surface area contributed by atoms with Crippen LogP contribution in [0.5, 0.6) is 0 Å². The molecule has 0 atom stereocenters. The number of hydrogen-bond acceptors (Lipinski definition) is 4. The van der Waals surface area contributed by atoms with E-state index in [0.717, 1.165) is 29.3 Å². The van der Waals surface area contributed by atoms with Crippen molar-refractivity contribution in [1.82, 2.24) is 9.97 Å². The highest BCUT2D eigenvalue weighted by molar-refractivity contribution is 5.38. The summed E-state index contributed by atoms with van der Waals surface area (Å²) in [6.07, 6.45) is 1.82. The van der Waals surface area contributed by atoms with Gasteiger partial charge < -0.3 is 10.6 Å². The van der Waals surface area contributed by atoms with Gasteiger partial charge in [0.05, 0.1) is 17.6 Å². The third-order valence-electron chi connectivity index (χ3n) is 3.25. The molecule has 1 heterocycles. The predicted octanol–water partition coefficient (Wildman–Crippen LogP) is 2.19. The molecular formula is C15H20N4. The monoisotopic (exact) mass is 256 g/mol. The van der Waals surface area contributed by atoms with Crippen LogP contribution in [-0.4, -0.2) is 17.0 Å². The number of aryl methyl sites for hydroxylation is 2. The van der Waals surface area contributed by atoms with E-state index < -0.39 is 0 Å². The van der Waals surface area contributed by atoms with E-state index in [1.165, 1.54) is 5.56 Å².